The van der Waals surface area contributed by atoms with Gasteiger partial charge < -0.3 is 14.7 Å². The summed E-state index contributed by atoms with van der Waals surface area (Å²) in [5.41, 5.74) is 2.86. The van der Waals surface area contributed by atoms with Crippen molar-refractivity contribution in [2.24, 2.45) is 0 Å². The van der Waals surface area contributed by atoms with E-state index in [1.807, 2.05) is 13.1 Å². The standard InChI is InChI=1S/C12H11BrN4O2/c1-14-5-9-16-10(11(13)17-9)6-2-3-7-8(4-6)19-12(18)15-7/h2-4,14H,5H2,1H3,(H,15,18)(H,16,17). The monoisotopic (exact) mass is 322 g/mol. The van der Waals surface area contributed by atoms with Crippen LogP contribution in [-0.4, -0.2) is 22.0 Å². The second kappa shape index (κ2) is 4.67. The van der Waals surface area contributed by atoms with Gasteiger partial charge in [0, 0.05) is 5.56 Å². The van der Waals surface area contributed by atoms with Crippen LogP contribution >= 0.6 is 15.9 Å². The fourth-order valence-electron chi connectivity index (χ4n) is 1.93. The molecule has 0 spiro atoms. The summed E-state index contributed by atoms with van der Waals surface area (Å²) in [4.78, 5) is 21.4. The van der Waals surface area contributed by atoms with E-state index < -0.39 is 5.76 Å². The Labute approximate surface area is 116 Å². The Hall–Kier alpha value is -1.86. The lowest BCUT2D eigenvalue weighted by atomic mass is 10.1. The van der Waals surface area contributed by atoms with Crippen LogP contribution in [-0.2, 0) is 6.54 Å². The van der Waals surface area contributed by atoms with E-state index in [4.69, 9.17) is 4.42 Å². The van der Waals surface area contributed by atoms with Gasteiger partial charge in [-0.15, -0.1) is 0 Å². The van der Waals surface area contributed by atoms with E-state index in [-0.39, 0.29) is 0 Å². The SMILES string of the molecule is CNCc1nc(-c2ccc3[nH]c(=O)oc3c2)c(Br)[nH]1. The van der Waals surface area contributed by atoms with Crippen molar-refractivity contribution in [3.05, 3.63) is 39.2 Å². The van der Waals surface area contributed by atoms with Crippen LogP contribution in [0.5, 0.6) is 0 Å². The lowest BCUT2D eigenvalue weighted by Crippen LogP contribution is -2.06. The number of hydrogen-bond acceptors (Lipinski definition) is 4. The topological polar surface area (TPSA) is 86.7 Å². The number of fused-ring (bicyclic) bond motifs is 1. The summed E-state index contributed by atoms with van der Waals surface area (Å²) >= 11 is 3.45. The van der Waals surface area contributed by atoms with Crippen LogP contribution < -0.4 is 11.1 Å². The summed E-state index contributed by atoms with van der Waals surface area (Å²) < 4.78 is 5.85. The zero-order valence-electron chi connectivity index (χ0n) is 10.1. The van der Waals surface area contributed by atoms with Crippen LogP contribution in [0.3, 0.4) is 0 Å². The quantitative estimate of drug-likeness (QED) is 0.688. The second-order valence-corrected chi connectivity index (χ2v) is 4.89. The van der Waals surface area contributed by atoms with Crippen LogP contribution in [0.2, 0.25) is 0 Å². The number of aromatic nitrogens is 3. The molecule has 3 rings (SSSR count). The molecular weight excluding hydrogens is 312 g/mol. The molecule has 3 aromatic rings. The molecule has 2 aromatic heterocycles. The predicted octanol–water partition coefficient (Wildman–Crippen LogP) is 1.99. The first kappa shape index (κ1) is 12.2. The fraction of sp³-hybridized carbons (Fsp3) is 0.167. The molecule has 0 unspecified atom stereocenters. The first-order chi connectivity index (χ1) is 9.17. The molecule has 0 atom stereocenters. The first-order valence-corrected chi connectivity index (χ1v) is 6.49. The van der Waals surface area contributed by atoms with Crippen molar-refractivity contribution in [2.75, 3.05) is 7.05 Å². The van der Waals surface area contributed by atoms with E-state index >= 15 is 0 Å². The molecule has 0 bridgehead atoms. The van der Waals surface area contributed by atoms with Crippen molar-refractivity contribution in [3.8, 4) is 11.3 Å². The molecule has 0 fully saturated rings. The Morgan fingerprint density at radius 3 is 3.05 bits per heavy atom. The molecule has 98 valence electrons. The van der Waals surface area contributed by atoms with Gasteiger partial charge in [-0.1, -0.05) is 6.07 Å². The minimum absolute atomic E-state index is 0.455. The molecule has 2 heterocycles. The highest BCUT2D eigenvalue weighted by Gasteiger charge is 2.11. The zero-order chi connectivity index (χ0) is 13.4. The summed E-state index contributed by atoms with van der Waals surface area (Å²) in [6.45, 7) is 0.653. The summed E-state index contributed by atoms with van der Waals surface area (Å²) in [6.07, 6.45) is 0. The maximum Gasteiger partial charge on any atom is 0.417 e. The number of aromatic amines is 2. The van der Waals surface area contributed by atoms with E-state index in [0.717, 1.165) is 21.7 Å². The Balaban J connectivity index is 2.10. The van der Waals surface area contributed by atoms with Gasteiger partial charge >= 0.3 is 5.76 Å². The van der Waals surface area contributed by atoms with Gasteiger partial charge in [-0.2, -0.15) is 0 Å². The molecule has 7 heteroatoms. The second-order valence-electron chi connectivity index (χ2n) is 4.10. The van der Waals surface area contributed by atoms with Crippen LogP contribution in [0.25, 0.3) is 22.4 Å². The van der Waals surface area contributed by atoms with Gasteiger partial charge in [0.2, 0.25) is 0 Å². The number of imidazole rings is 1. The number of H-pyrrole nitrogens is 2. The lowest BCUT2D eigenvalue weighted by Gasteiger charge is -1.97. The highest BCUT2D eigenvalue weighted by atomic mass is 79.9. The molecule has 19 heavy (non-hydrogen) atoms. The third-order valence-electron chi connectivity index (χ3n) is 2.75. The van der Waals surface area contributed by atoms with Crippen molar-refractivity contribution < 1.29 is 4.42 Å². The van der Waals surface area contributed by atoms with Crippen molar-refractivity contribution in [1.29, 1.82) is 0 Å². The van der Waals surface area contributed by atoms with Crippen molar-refractivity contribution in [3.63, 3.8) is 0 Å². The van der Waals surface area contributed by atoms with Gasteiger partial charge in [0.15, 0.2) is 5.58 Å². The summed E-state index contributed by atoms with van der Waals surface area (Å²) in [5, 5.41) is 3.03. The normalized spacial score (nSPS) is 11.3. The molecular formula is C12H11BrN4O2. The molecule has 0 saturated carbocycles. The Kier molecular flexibility index (Phi) is 3.00. The van der Waals surface area contributed by atoms with E-state index in [1.54, 1.807) is 12.1 Å². The fourth-order valence-corrected chi connectivity index (χ4v) is 2.48. The molecule has 6 nitrogen and oxygen atoms in total. The summed E-state index contributed by atoms with van der Waals surface area (Å²) in [6, 6.07) is 5.48. The van der Waals surface area contributed by atoms with Gasteiger partial charge in [-0.25, -0.2) is 9.78 Å². The Morgan fingerprint density at radius 2 is 2.26 bits per heavy atom. The van der Waals surface area contributed by atoms with Crippen LogP contribution in [0.1, 0.15) is 5.82 Å². The largest absolute Gasteiger partial charge is 0.417 e. The van der Waals surface area contributed by atoms with Gasteiger partial charge in [-0.3, -0.25) is 4.98 Å². The maximum absolute atomic E-state index is 11.1. The van der Waals surface area contributed by atoms with E-state index in [1.165, 1.54) is 0 Å². The number of benzene rings is 1. The number of hydrogen-bond donors (Lipinski definition) is 3. The average Bonchev–Trinajstić information content (AvgIpc) is 2.90. The zero-order valence-corrected chi connectivity index (χ0v) is 11.7. The van der Waals surface area contributed by atoms with E-state index in [9.17, 15) is 4.79 Å². The third kappa shape index (κ3) is 2.22. The van der Waals surface area contributed by atoms with Crippen LogP contribution in [0, 0.1) is 0 Å². The summed E-state index contributed by atoms with van der Waals surface area (Å²) in [7, 11) is 1.86. The van der Waals surface area contributed by atoms with Crippen LogP contribution in [0.15, 0.2) is 32.0 Å². The predicted molar refractivity (Wildman–Crippen MR) is 74.9 cm³/mol. The molecule has 1 aromatic carbocycles. The van der Waals surface area contributed by atoms with Gasteiger partial charge in [-0.05, 0) is 35.1 Å². The molecule has 0 saturated heterocycles. The smallest absolute Gasteiger partial charge is 0.408 e. The number of nitrogens with zero attached hydrogens (tertiary/aromatic N) is 1. The minimum Gasteiger partial charge on any atom is -0.408 e. The summed E-state index contributed by atoms with van der Waals surface area (Å²) in [5.74, 6) is 0.379. The number of halogens is 1. The van der Waals surface area contributed by atoms with Gasteiger partial charge in [0.05, 0.1) is 12.1 Å². The molecule has 0 aliphatic carbocycles. The molecule has 0 aliphatic rings. The molecule has 0 amide bonds. The van der Waals surface area contributed by atoms with Crippen molar-refractivity contribution >= 4 is 27.0 Å². The minimum atomic E-state index is -0.455. The van der Waals surface area contributed by atoms with Gasteiger partial charge in [0.1, 0.15) is 16.1 Å². The van der Waals surface area contributed by atoms with E-state index in [0.29, 0.717) is 17.6 Å². The van der Waals surface area contributed by atoms with Crippen LogP contribution in [0.4, 0.5) is 0 Å². The van der Waals surface area contributed by atoms with E-state index in [2.05, 4.69) is 36.2 Å². The first-order valence-electron chi connectivity index (χ1n) is 5.69. The molecule has 0 aliphatic heterocycles. The van der Waals surface area contributed by atoms with Crippen molar-refractivity contribution in [1.82, 2.24) is 20.3 Å². The number of oxazole rings is 1. The number of nitrogens with one attached hydrogen (secondary N) is 3. The lowest BCUT2D eigenvalue weighted by molar-refractivity contribution is 0.555. The highest BCUT2D eigenvalue weighted by molar-refractivity contribution is 9.10. The Morgan fingerprint density at radius 1 is 1.42 bits per heavy atom. The molecule has 3 N–H and O–H groups in total. The average molecular weight is 323 g/mol. The Bertz CT molecular complexity index is 786. The molecule has 0 radical (unpaired) electrons. The van der Waals surface area contributed by atoms with Crippen molar-refractivity contribution in [2.45, 2.75) is 6.54 Å². The third-order valence-corrected chi connectivity index (χ3v) is 3.32. The number of rotatable bonds is 3. The van der Waals surface area contributed by atoms with Gasteiger partial charge in [0.25, 0.3) is 0 Å². The highest BCUT2D eigenvalue weighted by Crippen LogP contribution is 2.28. The maximum atomic E-state index is 11.1.